The van der Waals surface area contributed by atoms with Gasteiger partial charge in [-0.25, -0.2) is 0 Å². The summed E-state index contributed by atoms with van der Waals surface area (Å²) in [4.78, 5) is 11.7. The molecule has 1 aromatic rings. The summed E-state index contributed by atoms with van der Waals surface area (Å²) in [6.07, 6.45) is 4.04. The van der Waals surface area contributed by atoms with E-state index in [0.29, 0.717) is 19.0 Å². The Morgan fingerprint density at radius 3 is 2.95 bits per heavy atom. The minimum absolute atomic E-state index is 0.0812. The molecule has 0 spiro atoms. The number of para-hydroxylation sites is 1. The van der Waals surface area contributed by atoms with Crippen molar-refractivity contribution in [2.24, 2.45) is 0 Å². The third kappa shape index (κ3) is 3.47. The summed E-state index contributed by atoms with van der Waals surface area (Å²) < 4.78 is 5.78. The van der Waals surface area contributed by atoms with E-state index in [4.69, 9.17) is 4.74 Å². The standard InChI is InChI=1S/C15H20N2O2/c18-15(7-8-16-12-5-6-12)17-10-13-9-11-3-1-2-4-14(11)19-13/h1-4,12-13,16H,5-10H2,(H,17,18). The van der Waals surface area contributed by atoms with Crippen molar-refractivity contribution in [1.82, 2.24) is 10.6 Å². The molecule has 102 valence electrons. The van der Waals surface area contributed by atoms with Crippen LogP contribution in [0.15, 0.2) is 24.3 Å². The molecule has 1 aliphatic heterocycles. The number of hydrogen-bond acceptors (Lipinski definition) is 3. The Hall–Kier alpha value is -1.55. The van der Waals surface area contributed by atoms with Gasteiger partial charge in [0.2, 0.25) is 5.91 Å². The topological polar surface area (TPSA) is 50.4 Å². The zero-order valence-corrected chi connectivity index (χ0v) is 11.0. The van der Waals surface area contributed by atoms with E-state index >= 15 is 0 Å². The minimum atomic E-state index is 0.0812. The number of fused-ring (bicyclic) bond motifs is 1. The highest BCUT2D eigenvalue weighted by Crippen LogP contribution is 2.27. The molecule has 4 nitrogen and oxygen atoms in total. The van der Waals surface area contributed by atoms with Gasteiger partial charge in [-0.2, -0.15) is 0 Å². The Balaban J connectivity index is 1.35. The molecule has 3 rings (SSSR count). The van der Waals surface area contributed by atoms with Gasteiger partial charge in [0.25, 0.3) is 0 Å². The molecule has 1 fully saturated rings. The van der Waals surface area contributed by atoms with Gasteiger partial charge in [0.05, 0.1) is 6.54 Å². The number of ether oxygens (including phenoxy) is 1. The van der Waals surface area contributed by atoms with E-state index in [1.54, 1.807) is 0 Å². The maximum Gasteiger partial charge on any atom is 0.221 e. The second kappa shape index (κ2) is 5.61. The fraction of sp³-hybridized carbons (Fsp3) is 0.533. The Kier molecular flexibility index (Phi) is 3.69. The molecule has 1 amide bonds. The number of hydrogen-bond donors (Lipinski definition) is 2. The molecule has 4 heteroatoms. The predicted molar refractivity (Wildman–Crippen MR) is 73.2 cm³/mol. The lowest BCUT2D eigenvalue weighted by molar-refractivity contribution is -0.121. The predicted octanol–water partition coefficient (Wildman–Crippen LogP) is 1.25. The van der Waals surface area contributed by atoms with Gasteiger partial charge in [-0.1, -0.05) is 18.2 Å². The number of nitrogens with one attached hydrogen (secondary N) is 2. The highest BCUT2D eigenvalue weighted by molar-refractivity contribution is 5.76. The first-order valence-corrected chi connectivity index (χ1v) is 7.06. The molecule has 0 radical (unpaired) electrons. The number of carbonyl (C=O) groups excluding carboxylic acids is 1. The van der Waals surface area contributed by atoms with E-state index in [9.17, 15) is 4.79 Å². The highest BCUT2D eigenvalue weighted by Gasteiger charge is 2.23. The van der Waals surface area contributed by atoms with Crippen LogP contribution < -0.4 is 15.4 Å². The Bertz CT molecular complexity index is 432. The van der Waals surface area contributed by atoms with Gasteiger partial charge in [0.1, 0.15) is 11.9 Å². The number of carbonyl (C=O) groups is 1. The van der Waals surface area contributed by atoms with Gasteiger partial charge in [0, 0.05) is 25.4 Å². The second-order valence-corrected chi connectivity index (χ2v) is 5.33. The van der Waals surface area contributed by atoms with Crippen molar-refractivity contribution in [3.8, 4) is 5.75 Å². The second-order valence-electron chi connectivity index (χ2n) is 5.33. The van der Waals surface area contributed by atoms with Gasteiger partial charge in [0.15, 0.2) is 0 Å². The molecule has 0 bridgehead atoms. The van der Waals surface area contributed by atoms with Crippen LogP contribution in [0.4, 0.5) is 0 Å². The molecule has 1 aromatic carbocycles. The van der Waals surface area contributed by atoms with Gasteiger partial charge < -0.3 is 15.4 Å². The van der Waals surface area contributed by atoms with Gasteiger partial charge in [-0.15, -0.1) is 0 Å². The lowest BCUT2D eigenvalue weighted by Crippen LogP contribution is -2.36. The van der Waals surface area contributed by atoms with Gasteiger partial charge in [-0.3, -0.25) is 4.79 Å². The molecule has 1 aliphatic carbocycles. The van der Waals surface area contributed by atoms with Crippen molar-refractivity contribution in [3.05, 3.63) is 29.8 Å². The minimum Gasteiger partial charge on any atom is -0.488 e. The van der Waals surface area contributed by atoms with E-state index in [2.05, 4.69) is 16.7 Å². The molecule has 0 aromatic heterocycles. The lowest BCUT2D eigenvalue weighted by atomic mass is 10.1. The zero-order valence-electron chi connectivity index (χ0n) is 11.0. The quantitative estimate of drug-likeness (QED) is 0.809. The molecule has 1 unspecified atom stereocenters. The van der Waals surface area contributed by atoms with Crippen LogP contribution in [-0.4, -0.2) is 31.1 Å². The third-order valence-corrected chi connectivity index (χ3v) is 3.60. The summed E-state index contributed by atoms with van der Waals surface area (Å²) in [5.74, 6) is 1.06. The van der Waals surface area contributed by atoms with Crippen LogP contribution in [0.1, 0.15) is 24.8 Å². The zero-order chi connectivity index (χ0) is 13.1. The largest absolute Gasteiger partial charge is 0.488 e. The van der Waals surface area contributed by atoms with Crippen molar-refractivity contribution >= 4 is 5.91 Å². The number of amides is 1. The van der Waals surface area contributed by atoms with Crippen LogP contribution in [-0.2, 0) is 11.2 Å². The lowest BCUT2D eigenvalue weighted by Gasteiger charge is -2.12. The molecule has 1 atom stereocenters. The smallest absolute Gasteiger partial charge is 0.221 e. The summed E-state index contributed by atoms with van der Waals surface area (Å²) in [6.45, 7) is 1.37. The maximum absolute atomic E-state index is 11.7. The van der Waals surface area contributed by atoms with E-state index < -0.39 is 0 Å². The highest BCUT2D eigenvalue weighted by atomic mass is 16.5. The fourth-order valence-electron chi connectivity index (χ4n) is 2.36. The Labute approximate surface area is 113 Å². The van der Waals surface area contributed by atoms with Crippen molar-refractivity contribution < 1.29 is 9.53 Å². The molecular formula is C15H20N2O2. The van der Waals surface area contributed by atoms with E-state index in [1.807, 2.05) is 18.2 Å². The Morgan fingerprint density at radius 2 is 2.16 bits per heavy atom. The van der Waals surface area contributed by atoms with Crippen molar-refractivity contribution in [2.45, 2.75) is 37.8 Å². The Morgan fingerprint density at radius 1 is 1.32 bits per heavy atom. The monoisotopic (exact) mass is 260 g/mol. The van der Waals surface area contributed by atoms with Crippen LogP contribution >= 0.6 is 0 Å². The van der Waals surface area contributed by atoms with Crippen molar-refractivity contribution in [3.63, 3.8) is 0 Å². The average Bonchev–Trinajstić information content (AvgIpc) is 3.14. The van der Waals surface area contributed by atoms with Crippen LogP contribution in [0.2, 0.25) is 0 Å². The summed E-state index contributed by atoms with van der Waals surface area (Å²) in [5.41, 5.74) is 1.23. The maximum atomic E-state index is 11.7. The third-order valence-electron chi connectivity index (χ3n) is 3.60. The first-order chi connectivity index (χ1) is 9.31. The summed E-state index contributed by atoms with van der Waals surface area (Å²) in [5, 5.41) is 6.29. The fourth-order valence-corrected chi connectivity index (χ4v) is 2.36. The van der Waals surface area contributed by atoms with E-state index in [-0.39, 0.29) is 12.0 Å². The van der Waals surface area contributed by atoms with Crippen LogP contribution in [0, 0.1) is 0 Å². The van der Waals surface area contributed by atoms with E-state index in [0.717, 1.165) is 18.7 Å². The normalized spacial score (nSPS) is 20.7. The molecular weight excluding hydrogens is 240 g/mol. The molecule has 1 saturated carbocycles. The molecule has 19 heavy (non-hydrogen) atoms. The van der Waals surface area contributed by atoms with Crippen LogP contribution in [0.5, 0.6) is 5.75 Å². The average molecular weight is 260 g/mol. The van der Waals surface area contributed by atoms with Gasteiger partial charge in [-0.05, 0) is 24.5 Å². The number of rotatable bonds is 6. The summed E-state index contributed by atoms with van der Waals surface area (Å²) in [6, 6.07) is 8.73. The molecule has 0 saturated heterocycles. The SMILES string of the molecule is O=C(CCNC1CC1)NCC1Cc2ccccc2O1. The van der Waals surface area contributed by atoms with Gasteiger partial charge >= 0.3 is 0 Å². The summed E-state index contributed by atoms with van der Waals surface area (Å²) in [7, 11) is 0. The van der Waals surface area contributed by atoms with Crippen LogP contribution in [0.3, 0.4) is 0 Å². The van der Waals surface area contributed by atoms with Crippen LogP contribution in [0.25, 0.3) is 0 Å². The first kappa shape index (κ1) is 12.5. The first-order valence-electron chi connectivity index (χ1n) is 7.06. The molecule has 2 N–H and O–H groups in total. The van der Waals surface area contributed by atoms with E-state index in [1.165, 1.54) is 18.4 Å². The van der Waals surface area contributed by atoms with Crippen molar-refractivity contribution in [1.29, 1.82) is 0 Å². The molecule has 1 heterocycles. The number of benzene rings is 1. The molecule has 2 aliphatic rings. The van der Waals surface area contributed by atoms with Crippen molar-refractivity contribution in [2.75, 3.05) is 13.1 Å². The summed E-state index contributed by atoms with van der Waals surface area (Å²) >= 11 is 0.